The van der Waals surface area contributed by atoms with Crippen LogP contribution in [0, 0.1) is 23.7 Å². The summed E-state index contributed by atoms with van der Waals surface area (Å²) in [7, 11) is 3.74. The predicted octanol–water partition coefficient (Wildman–Crippen LogP) is 7.15. The molecule has 4 aromatic rings. The molecule has 1 unspecified atom stereocenters. The Morgan fingerprint density at radius 3 is 2.65 bits per heavy atom. The number of methoxy groups -OCH3 is 1. The summed E-state index contributed by atoms with van der Waals surface area (Å²) in [6.45, 7) is 7.91. The van der Waals surface area contributed by atoms with Gasteiger partial charge < -0.3 is 14.7 Å². The number of likely N-dealkylation sites (tertiary alicyclic amines) is 1. The largest absolute Gasteiger partial charge is 0.469 e. The lowest BCUT2D eigenvalue weighted by Gasteiger charge is -2.53. The third-order valence-electron chi connectivity index (χ3n) is 13.2. The minimum absolute atomic E-state index is 0.0739. The molecule has 2 aromatic heterocycles. The minimum atomic E-state index is -0.193. The topological polar surface area (TPSA) is 64.4 Å². The lowest BCUT2D eigenvalue weighted by Crippen LogP contribution is -2.56. The van der Waals surface area contributed by atoms with Gasteiger partial charge in [-0.1, -0.05) is 49.3 Å². The number of aromatic nitrogens is 2. The second kappa shape index (κ2) is 10.8. The normalized spacial score (nSPS) is 34.6. The van der Waals surface area contributed by atoms with E-state index in [4.69, 9.17) is 4.74 Å². The van der Waals surface area contributed by atoms with Crippen molar-refractivity contribution in [3.8, 4) is 0 Å². The van der Waals surface area contributed by atoms with Gasteiger partial charge >= 0.3 is 5.97 Å². The molecule has 6 heterocycles. The molecule has 46 heavy (non-hydrogen) atoms. The molecule has 4 fully saturated rings. The molecule has 2 aliphatic carbocycles. The highest BCUT2D eigenvalue weighted by Crippen LogP contribution is 2.52. The Morgan fingerprint density at radius 2 is 1.83 bits per heavy atom. The molecule has 2 aromatic carbocycles. The lowest BCUT2D eigenvalue weighted by molar-refractivity contribution is -0.151. The van der Waals surface area contributed by atoms with Gasteiger partial charge in [-0.25, -0.2) is 0 Å². The number of esters is 1. The number of carbonyl (C=O) groups is 1. The number of hydrogen-bond acceptors (Lipinski definition) is 4. The molecule has 6 bridgehead atoms. The number of aromatic amines is 2. The molecule has 6 aliphatic rings. The summed E-state index contributed by atoms with van der Waals surface area (Å²) in [5.41, 5.74) is 11.0. The van der Waals surface area contributed by atoms with Crippen LogP contribution in [0.3, 0.4) is 0 Å². The summed E-state index contributed by atoms with van der Waals surface area (Å²) >= 11 is 0. The van der Waals surface area contributed by atoms with Gasteiger partial charge in [-0.3, -0.25) is 14.6 Å². The molecule has 10 rings (SSSR count). The van der Waals surface area contributed by atoms with E-state index in [1.54, 1.807) is 12.7 Å². The van der Waals surface area contributed by atoms with E-state index in [1.807, 2.05) is 0 Å². The highest BCUT2D eigenvalue weighted by molar-refractivity contribution is 5.88. The summed E-state index contributed by atoms with van der Waals surface area (Å²) in [4.78, 5) is 26.8. The summed E-state index contributed by atoms with van der Waals surface area (Å²) in [6.07, 6.45) is 9.16. The van der Waals surface area contributed by atoms with Crippen molar-refractivity contribution >= 4 is 27.8 Å². The molecule has 9 atom stereocenters. The number of allylic oxidation sites excluding steroid dienone is 1. The second-order valence-electron chi connectivity index (χ2n) is 15.2. The maximum Gasteiger partial charge on any atom is 0.310 e. The van der Waals surface area contributed by atoms with Crippen LogP contribution in [0.5, 0.6) is 0 Å². The van der Waals surface area contributed by atoms with Gasteiger partial charge in [0.2, 0.25) is 0 Å². The smallest absolute Gasteiger partial charge is 0.310 e. The van der Waals surface area contributed by atoms with E-state index in [0.29, 0.717) is 12.0 Å². The van der Waals surface area contributed by atoms with E-state index < -0.39 is 0 Å². The van der Waals surface area contributed by atoms with Crippen LogP contribution in [0.4, 0.5) is 0 Å². The molecular formula is C40H48N4O2. The summed E-state index contributed by atoms with van der Waals surface area (Å²) in [5, 5.41) is 2.70. The first-order valence-electron chi connectivity index (χ1n) is 17.9. The van der Waals surface area contributed by atoms with E-state index in [0.717, 1.165) is 37.6 Å². The van der Waals surface area contributed by atoms with Crippen LogP contribution in [-0.4, -0.2) is 71.6 Å². The fourth-order valence-corrected chi connectivity index (χ4v) is 11.2. The average Bonchev–Trinajstić information content (AvgIpc) is 3.60. The second-order valence-corrected chi connectivity index (χ2v) is 15.2. The lowest BCUT2D eigenvalue weighted by atomic mass is 9.65. The molecule has 240 valence electrons. The van der Waals surface area contributed by atoms with Crippen molar-refractivity contribution in [3.63, 3.8) is 0 Å². The number of nitrogens with one attached hydrogen (secondary N) is 2. The van der Waals surface area contributed by atoms with Crippen molar-refractivity contribution in [3.05, 3.63) is 82.2 Å². The SMILES string of the molecule is C/C=C1/CN(C)[C@H]2Cc3c([nH]c4ccccc34)[C@H](c3ccc4[nH]c5c(c4c3)CCN3C[C@@H]4C[C@H](CC)[C@H]3[C@@H]5C4)C[C@H]1[C@@H]2C(=O)OC. The van der Waals surface area contributed by atoms with E-state index in [2.05, 4.69) is 89.2 Å². The number of ether oxygens (including phenoxy) is 1. The quantitative estimate of drug-likeness (QED) is 0.190. The van der Waals surface area contributed by atoms with Gasteiger partial charge in [0, 0.05) is 76.7 Å². The summed E-state index contributed by atoms with van der Waals surface area (Å²) in [6, 6.07) is 16.8. The molecule has 4 aliphatic heterocycles. The zero-order valence-corrected chi connectivity index (χ0v) is 27.8. The molecule has 6 nitrogen and oxygen atoms in total. The van der Waals surface area contributed by atoms with Gasteiger partial charge in [-0.2, -0.15) is 0 Å². The van der Waals surface area contributed by atoms with Gasteiger partial charge in [0.05, 0.1) is 13.0 Å². The Morgan fingerprint density at radius 1 is 1.00 bits per heavy atom. The van der Waals surface area contributed by atoms with Crippen LogP contribution in [0.2, 0.25) is 0 Å². The molecule has 2 N–H and O–H groups in total. The Bertz CT molecular complexity index is 1870. The number of hydrogen-bond donors (Lipinski definition) is 2. The van der Waals surface area contributed by atoms with E-state index in [9.17, 15) is 4.79 Å². The number of nitrogens with zero attached hydrogens (tertiary/aromatic N) is 2. The standard InChI is InChI=1S/C40H48N4O2/c1-5-23-15-22-16-32-37-27(13-14-44(20-22)39(23)32)30-17-25(11-12-34(30)42-37)29-18-28-24(6-2)21-43(3)35(36(28)40(45)46-4)19-31-26-9-7-8-10-33(26)41-38(29)31/h6-12,17,22-23,28-29,32,35-36,39,41-42H,5,13-16,18-21H2,1-4H3/b24-6-/t22-,23+,28-,29+,32-,35+,36+,39+/m1/s1. The van der Waals surface area contributed by atoms with Crippen LogP contribution in [-0.2, 0) is 22.4 Å². The van der Waals surface area contributed by atoms with Gasteiger partial charge in [0.1, 0.15) is 0 Å². The number of rotatable bonds is 3. The Labute approximate surface area is 272 Å². The first-order chi connectivity index (χ1) is 22.5. The molecule has 6 heteroatoms. The van der Waals surface area contributed by atoms with Crippen LogP contribution < -0.4 is 0 Å². The monoisotopic (exact) mass is 616 g/mol. The molecule has 0 spiro atoms. The molecular weight excluding hydrogens is 568 g/mol. The summed E-state index contributed by atoms with van der Waals surface area (Å²) in [5.74, 6) is 2.31. The number of H-pyrrole nitrogens is 2. The average molecular weight is 617 g/mol. The van der Waals surface area contributed by atoms with Crippen LogP contribution in [0.15, 0.2) is 54.1 Å². The zero-order valence-electron chi connectivity index (χ0n) is 27.8. The third-order valence-corrected chi connectivity index (χ3v) is 13.2. The van der Waals surface area contributed by atoms with Crippen molar-refractivity contribution in [1.82, 2.24) is 19.8 Å². The zero-order chi connectivity index (χ0) is 31.3. The first kappa shape index (κ1) is 28.8. The highest BCUT2D eigenvalue weighted by atomic mass is 16.5. The molecule has 0 amide bonds. The van der Waals surface area contributed by atoms with Crippen molar-refractivity contribution in [2.45, 2.75) is 76.3 Å². The number of likely N-dealkylation sites (N-methyl/N-ethyl adjacent to an activating group) is 1. The van der Waals surface area contributed by atoms with Crippen molar-refractivity contribution in [1.29, 1.82) is 0 Å². The fraction of sp³-hybridized carbons (Fsp3) is 0.525. The van der Waals surface area contributed by atoms with Crippen LogP contribution in [0.1, 0.15) is 79.4 Å². The Hall–Kier alpha value is -3.35. The van der Waals surface area contributed by atoms with Crippen molar-refractivity contribution < 1.29 is 9.53 Å². The van der Waals surface area contributed by atoms with Crippen molar-refractivity contribution in [2.75, 3.05) is 33.8 Å². The fourth-order valence-electron chi connectivity index (χ4n) is 11.2. The molecule has 1 saturated carbocycles. The maximum absolute atomic E-state index is 13.6. The van der Waals surface area contributed by atoms with E-state index in [-0.39, 0.29) is 29.8 Å². The third kappa shape index (κ3) is 4.18. The summed E-state index contributed by atoms with van der Waals surface area (Å²) < 4.78 is 5.55. The van der Waals surface area contributed by atoms with Crippen LogP contribution in [0.25, 0.3) is 21.8 Å². The highest BCUT2D eigenvalue weighted by Gasteiger charge is 2.50. The molecule has 0 radical (unpaired) electrons. The van der Waals surface area contributed by atoms with E-state index >= 15 is 0 Å². The predicted molar refractivity (Wildman–Crippen MR) is 184 cm³/mol. The first-order valence-corrected chi connectivity index (χ1v) is 17.9. The Kier molecular flexibility index (Phi) is 6.80. The number of benzene rings is 2. The van der Waals surface area contributed by atoms with Gasteiger partial charge in [0.25, 0.3) is 0 Å². The van der Waals surface area contributed by atoms with Crippen molar-refractivity contribution in [2.24, 2.45) is 23.7 Å². The van der Waals surface area contributed by atoms with Gasteiger partial charge in [0.15, 0.2) is 0 Å². The van der Waals surface area contributed by atoms with Crippen LogP contribution >= 0.6 is 0 Å². The van der Waals surface area contributed by atoms with Gasteiger partial charge in [-0.15, -0.1) is 0 Å². The minimum Gasteiger partial charge on any atom is -0.469 e. The number of carbonyl (C=O) groups excluding carboxylic acids is 1. The van der Waals surface area contributed by atoms with E-state index in [1.165, 1.54) is 82.2 Å². The maximum atomic E-state index is 13.6. The number of piperidine rings is 3. The Balaban J connectivity index is 1.20. The molecule has 3 saturated heterocycles. The number of fused-ring (bicyclic) bond motifs is 9. The number of para-hydroxylation sites is 1. The van der Waals surface area contributed by atoms with Gasteiger partial charge in [-0.05, 0) is 98.7 Å².